The third-order valence-corrected chi connectivity index (χ3v) is 3.28. The summed E-state index contributed by atoms with van der Waals surface area (Å²) in [4.78, 5) is 0. The maximum absolute atomic E-state index is 5.58. The molecule has 0 aliphatic carbocycles. The minimum Gasteiger partial charge on any atom is -0.314 e. The summed E-state index contributed by atoms with van der Waals surface area (Å²) in [6.07, 6.45) is 3.78. The van der Waals surface area contributed by atoms with Gasteiger partial charge in [-0.05, 0) is 37.3 Å². The van der Waals surface area contributed by atoms with Crippen LogP contribution in [0.25, 0.3) is 0 Å². The number of nitrogens with one attached hydrogen (secondary N) is 1. The molecule has 3 heteroatoms. The van der Waals surface area contributed by atoms with E-state index >= 15 is 0 Å². The summed E-state index contributed by atoms with van der Waals surface area (Å²) in [5, 5.41) is 3.52. The van der Waals surface area contributed by atoms with Crippen molar-refractivity contribution in [3.8, 4) is 0 Å². The molecule has 0 radical (unpaired) electrons. The van der Waals surface area contributed by atoms with E-state index in [2.05, 4.69) is 17.1 Å². The fraction of sp³-hybridized carbons (Fsp3) is 1.00. The first kappa shape index (κ1) is 9.69. The van der Waals surface area contributed by atoms with Crippen molar-refractivity contribution in [3.05, 3.63) is 0 Å². The number of alkyl halides is 1. The fourth-order valence-corrected chi connectivity index (χ4v) is 2.51. The zero-order valence-electron chi connectivity index (χ0n) is 6.81. The topological polar surface area (TPSA) is 12.0 Å². The average molecular weight is 194 g/mol. The SMILES string of the molecule is ClCCCNC1CCSCC1. The largest absolute Gasteiger partial charge is 0.314 e. The second-order valence-corrected chi connectivity index (χ2v) is 4.49. The summed E-state index contributed by atoms with van der Waals surface area (Å²) in [6.45, 7) is 1.10. The lowest BCUT2D eigenvalue weighted by Gasteiger charge is -2.22. The smallest absolute Gasteiger partial charge is 0.0235 e. The Morgan fingerprint density at radius 3 is 2.73 bits per heavy atom. The molecule has 11 heavy (non-hydrogen) atoms. The molecule has 0 aromatic carbocycles. The summed E-state index contributed by atoms with van der Waals surface area (Å²) in [5.74, 6) is 3.45. The van der Waals surface area contributed by atoms with Crippen LogP contribution in [0.2, 0.25) is 0 Å². The molecule has 1 saturated heterocycles. The number of hydrogen-bond donors (Lipinski definition) is 1. The molecule has 0 bridgehead atoms. The second-order valence-electron chi connectivity index (χ2n) is 2.88. The number of hydrogen-bond acceptors (Lipinski definition) is 2. The van der Waals surface area contributed by atoms with Gasteiger partial charge in [-0.1, -0.05) is 0 Å². The van der Waals surface area contributed by atoms with E-state index in [4.69, 9.17) is 11.6 Å². The highest BCUT2D eigenvalue weighted by atomic mass is 35.5. The first-order valence-corrected chi connectivity index (χ1v) is 5.99. The lowest BCUT2D eigenvalue weighted by Crippen LogP contribution is -2.33. The Morgan fingerprint density at radius 2 is 2.09 bits per heavy atom. The molecular weight excluding hydrogens is 178 g/mol. The van der Waals surface area contributed by atoms with Gasteiger partial charge in [-0.15, -0.1) is 11.6 Å². The van der Waals surface area contributed by atoms with Gasteiger partial charge in [0.1, 0.15) is 0 Å². The predicted octanol–water partition coefficient (Wildman–Crippen LogP) is 2.10. The van der Waals surface area contributed by atoms with Gasteiger partial charge in [0, 0.05) is 11.9 Å². The first-order chi connectivity index (χ1) is 5.43. The number of rotatable bonds is 4. The van der Waals surface area contributed by atoms with Crippen LogP contribution in [0.3, 0.4) is 0 Å². The molecule has 0 unspecified atom stereocenters. The van der Waals surface area contributed by atoms with Gasteiger partial charge in [0.25, 0.3) is 0 Å². The fourth-order valence-electron chi connectivity index (χ4n) is 1.27. The van der Waals surface area contributed by atoms with Crippen LogP contribution in [0.1, 0.15) is 19.3 Å². The summed E-state index contributed by atoms with van der Waals surface area (Å²) in [6, 6.07) is 0.777. The molecule has 1 fully saturated rings. The summed E-state index contributed by atoms with van der Waals surface area (Å²) < 4.78 is 0. The highest BCUT2D eigenvalue weighted by molar-refractivity contribution is 7.99. The molecule has 0 atom stereocenters. The summed E-state index contributed by atoms with van der Waals surface area (Å²) >= 11 is 7.65. The van der Waals surface area contributed by atoms with Crippen LogP contribution in [-0.2, 0) is 0 Å². The molecule has 0 aromatic heterocycles. The average Bonchev–Trinajstić information content (AvgIpc) is 2.07. The minimum atomic E-state index is 0.777. The van der Waals surface area contributed by atoms with Crippen LogP contribution in [0.4, 0.5) is 0 Å². The molecule has 1 aliphatic heterocycles. The Kier molecular flexibility index (Phi) is 5.42. The van der Waals surface area contributed by atoms with Gasteiger partial charge in [0.15, 0.2) is 0 Å². The Bertz CT molecular complexity index is 94.1. The van der Waals surface area contributed by atoms with Crippen LogP contribution in [0, 0.1) is 0 Å². The van der Waals surface area contributed by atoms with Crippen LogP contribution in [0.5, 0.6) is 0 Å². The highest BCUT2D eigenvalue weighted by Gasteiger charge is 2.11. The molecule has 0 spiro atoms. The van der Waals surface area contributed by atoms with E-state index in [-0.39, 0.29) is 0 Å². The van der Waals surface area contributed by atoms with Crippen molar-refractivity contribution >= 4 is 23.4 Å². The van der Waals surface area contributed by atoms with Crippen LogP contribution in [-0.4, -0.2) is 30.0 Å². The minimum absolute atomic E-state index is 0.777. The van der Waals surface area contributed by atoms with Crippen molar-refractivity contribution in [2.24, 2.45) is 0 Å². The zero-order valence-corrected chi connectivity index (χ0v) is 8.39. The molecule has 1 aliphatic rings. The Balaban J connectivity index is 1.96. The van der Waals surface area contributed by atoms with Gasteiger partial charge in [-0.25, -0.2) is 0 Å². The summed E-state index contributed by atoms with van der Waals surface area (Å²) in [7, 11) is 0. The Hall–Kier alpha value is 0.600. The quantitative estimate of drug-likeness (QED) is 0.542. The van der Waals surface area contributed by atoms with Crippen molar-refractivity contribution in [3.63, 3.8) is 0 Å². The lowest BCUT2D eigenvalue weighted by molar-refractivity contribution is 0.483. The van der Waals surface area contributed by atoms with Crippen LogP contribution < -0.4 is 5.32 Å². The van der Waals surface area contributed by atoms with Crippen molar-refractivity contribution in [2.45, 2.75) is 25.3 Å². The number of halogens is 1. The molecule has 0 aromatic rings. The molecule has 0 saturated carbocycles. The molecule has 1 rings (SSSR count). The Morgan fingerprint density at radius 1 is 1.36 bits per heavy atom. The van der Waals surface area contributed by atoms with Gasteiger partial charge in [-0.2, -0.15) is 11.8 Å². The molecule has 1 heterocycles. The van der Waals surface area contributed by atoms with Gasteiger partial charge >= 0.3 is 0 Å². The lowest BCUT2D eigenvalue weighted by atomic mass is 10.1. The maximum Gasteiger partial charge on any atom is 0.0235 e. The molecular formula is C8H16ClNS. The van der Waals surface area contributed by atoms with Crippen molar-refractivity contribution in [2.75, 3.05) is 23.9 Å². The molecule has 66 valence electrons. The summed E-state index contributed by atoms with van der Waals surface area (Å²) in [5.41, 5.74) is 0. The van der Waals surface area contributed by atoms with E-state index in [0.29, 0.717) is 0 Å². The maximum atomic E-state index is 5.58. The molecule has 0 amide bonds. The van der Waals surface area contributed by atoms with Crippen molar-refractivity contribution < 1.29 is 0 Å². The normalized spacial score (nSPS) is 20.5. The van der Waals surface area contributed by atoms with Crippen molar-refractivity contribution in [1.82, 2.24) is 5.32 Å². The van der Waals surface area contributed by atoms with Gasteiger partial charge in [0.2, 0.25) is 0 Å². The van der Waals surface area contributed by atoms with E-state index in [1.807, 2.05) is 0 Å². The van der Waals surface area contributed by atoms with Gasteiger partial charge in [-0.3, -0.25) is 0 Å². The third-order valence-electron chi connectivity index (χ3n) is 1.96. The Labute approximate surface area is 78.3 Å². The van der Waals surface area contributed by atoms with Crippen LogP contribution in [0.15, 0.2) is 0 Å². The second kappa shape index (κ2) is 6.15. The van der Waals surface area contributed by atoms with Crippen molar-refractivity contribution in [1.29, 1.82) is 0 Å². The zero-order chi connectivity index (χ0) is 7.94. The highest BCUT2D eigenvalue weighted by Crippen LogP contribution is 2.16. The first-order valence-electron chi connectivity index (χ1n) is 4.30. The van der Waals surface area contributed by atoms with Gasteiger partial charge < -0.3 is 5.32 Å². The van der Waals surface area contributed by atoms with E-state index in [9.17, 15) is 0 Å². The standard InChI is InChI=1S/C8H16ClNS/c9-4-1-5-10-8-2-6-11-7-3-8/h8,10H,1-7H2. The van der Waals surface area contributed by atoms with E-state index in [1.54, 1.807) is 0 Å². The van der Waals surface area contributed by atoms with Crippen LogP contribution >= 0.6 is 23.4 Å². The van der Waals surface area contributed by atoms with E-state index in [1.165, 1.54) is 24.3 Å². The molecule has 1 nitrogen and oxygen atoms in total. The third kappa shape index (κ3) is 4.24. The van der Waals surface area contributed by atoms with E-state index < -0.39 is 0 Å². The monoisotopic (exact) mass is 193 g/mol. The number of thioether (sulfide) groups is 1. The van der Waals surface area contributed by atoms with Gasteiger partial charge in [0.05, 0.1) is 0 Å². The van der Waals surface area contributed by atoms with E-state index in [0.717, 1.165) is 24.9 Å². The predicted molar refractivity (Wildman–Crippen MR) is 53.7 cm³/mol. The molecule has 1 N–H and O–H groups in total.